The quantitative estimate of drug-likeness (QED) is 0.901. The van der Waals surface area contributed by atoms with Gasteiger partial charge in [0.1, 0.15) is 5.69 Å². The average Bonchev–Trinajstić information content (AvgIpc) is 3.20. The van der Waals surface area contributed by atoms with Crippen LogP contribution in [0, 0.1) is 0 Å². The van der Waals surface area contributed by atoms with Gasteiger partial charge >= 0.3 is 0 Å². The van der Waals surface area contributed by atoms with Crippen LogP contribution in [0.25, 0.3) is 5.52 Å². The molecule has 0 unspecified atom stereocenters. The van der Waals surface area contributed by atoms with Gasteiger partial charge in [0.25, 0.3) is 0 Å². The fourth-order valence-electron chi connectivity index (χ4n) is 3.63. The van der Waals surface area contributed by atoms with Crippen molar-refractivity contribution in [1.29, 1.82) is 0 Å². The van der Waals surface area contributed by atoms with E-state index in [1.54, 1.807) is 0 Å². The number of likely N-dealkylation sites (tertiary alicyclic amines) is 1. The molecule has 5 heteroatoms. The van der Waals surface area contributed by atoms with Gasteiger partial charge in [0.2, 0.25) is 0 Å². The summed E-state index contributed by atoms with van der Waals surface area (Å²) in [4.78, 5) is 2.50. The Kier molecular flexibility index (Phi) is 3.22. The molecule has 0 spiro atoms. The molecule has 0 atom stereocenters. The molecule has 3 N–H and O–H groups in total. The normalized spacial score (nSPS) is 18.5. The molecule has 0 aromatic carbocycles. The SMILES string of the molecule is Nc1c(NCCN2CCCC2)nn2c3c(ccc12)CCC3. The van der Waals surface area contributed by atoms with Crippen LogP contribution < -0.4 is 11.1 Å². The van der Waals surface area contributed by atoms with Gasteiger partial charge in [-0.05, 0) is 56.8 Å². The van der Waals surface area contributed by atoms with Gasteiger partial charge in [0.15, 0.2) is 5.82 Å². The molecule has 1 fully saturated rings. The van der Waals surface area contributed by atoms with Crippen LogP contribution in [-0.2, 0) is 12.8 Å². The molecule has 0 bridgehead atoms. The van der Waals surface area contributed by atoms with Crippen molar-refractivity contribution in [3.8, 4) is 0 Å². The molecule has 2 aliphatic rings. The highest BCUT2D eigenvalue weighted by Gasteiger charge is 2.18. The van der Waals surface area contributed by atoms with Crippen LogP contribution in [0.4, 0.5) is 11.5 Å². The first-order chi connectivity index (χ1) is 10.3. The molecule has 4 rings (SSSR count). The lowest BCUT2D eigenvalue weighted by atomic mass is 10.2. The first-order valence-electron chi connectivity index (χ1n) is 8.08. The van der Waals surface area contributed by atoms with E-state index in [4.69, 9.17) is 10.8 Å². The minimum atomic E-state index is 0.783. The third-order valence-corrected chi connectivity index (χ3v) is 4.81. The number of fused-ring (bicyclic) bond motifs is 3. The Bertz CT molecular complexity index is 654. The van der Waals surface area contributed by atoms with Crippen LogP contribution in [0.15, 0.2) is 12.1 Å². The largest absolute Gasteiger partial charge is 0.394 e. The van der Waals surface area contributed by atoms with Gasteiger partial charge in [-0.2, -0.15) is 0 Å². The summed E-state index contributed by atoms with van der Waals surface area (Å²) in [6.45, 7) is 4.45. The molecule has 2 aromatic heterocycles. The Hall–Kier alpha value is -1.75. The molecule has 0 amide bonds. The van der Waals surface area contributed by atoms with Crippen LogP contribution in [-0.4, -0.2) is 40.7 Å². The second kappa shape index (κ2) is 5.22. The molecular formula is C16H23N5. The van der Waals surface area contributed by atoms with Gasteiger partial charge in [0.05, 0.1) is 5.52 Å². The van der Waals surface area contributed by atoms with Crippen molar-refractivity contribution >= 4 is 17.0 Å². The predicted octanol–water partition coefficient (Wildman–Crippen LogP) is 1.91. The molecule has 0 saturated carbocycles. The smallest absolute Gasteiger partial charge is 0.172 e. The van der Waals surface area contributed by atoms with Gasteiger partial charge in [-0.3, -0.25) is 0 Å². The van der Waals surface area contributed by atoms with E-state index in [1.165, 1.54) is 50.0 Å². The van der Waals surface area contributed by atoms with Crippen molar-refractivity contribution in [2.45, 2.75) is 32.1 Å². The second-order valence-corrected chi connectivity index (χ2v) is 6.19. The summed E-state index contributed by atoms with van der Waals surface area (Å²) in [5.41, 5.74) is 10.9. The second-order valence-electron chi connectivity index (χ2n) is 6.19. The third-order valence-electron chi connectivity index (χ3n) is 4.81. The molecule has 3 heterocycles. The third kappa shape index (κ3) is 2.25. The standard InChI is InChI=1S/C16H23N5/c17-15-14-7-6-12-4-3-5-13(12)21(14)19-16(15)18-8-11-20-9-1-2-10-20/h6-7H,1-5,8-11,17H2,(H,18,19). The zero-order valence-corrected chi connectivity index (χ0v) is 12.4. The van der Waals surface area contributed by atoms with Crippen molar-refractivity contribution < 1.29 is 0 Å². The number of pyridine rings is 1. The van der Waals surface area contributed by atoms with Crippen LogP contribution in [0.3, 0.4) is 0 Å². The van der Waals surface area contributed by atoms with Crippen molar-refractivity contribution in [3.05, 3.63) is 23.4 Å². The van der Waals surface area contributed by atoms with Gasteiger partial charge in [-0.15, -0.1) is 5.10 Å². The van der Waals surface area contributed by atoms with E-state index in [-0.39, 0.29) is 0 Å². The number of nitrogens with zero attached hydrogens (tertiary/aromatic N) is 3. The topological polar surface area (TPSA) is 58.6 Å². The number of aromatic nitrogens is 2. The maximum atomic E-state index is 6.27. The number of rotatable bonds is 4. The summed E-state index contributed by atoms with van der Waals surface area (Å²) in [5, 5.41) is 8.13. The van der Waals surface area contributed by atoms with E-state index < -0.39 is 0 Å². The van der Waals surface area contributed by atoms with E-state index in [0.717, 1.165) is 36.5 Å². The summed E-state index contributed by atoms with van der Waals surface area (Å²) in [6.07, 6.45) is 6.18. The number of hydrogen-bond donors (Lipinski definition) is 2. The van der Waals surface area contributed by atoms with Gasteiger partial charge in [-0.25, -0.2) is 4.52 Å². The number of nitrogens with one attached hydrogen (secondary N) is 1. The highest BCUT2D eigenvalue weighted by atomic mass is 15.3. The molecule has 2 aromatic rings. The van der Waals surface area contributed by atoms with Gasteiger partial charge < -0.3 is 16.0 Å². The maximum Gasteiger partial charge on any atom is 0.172 e. The lowest BCUT2D eigenvalue weighted by molar-refractivity contribution is 0.352. The van der Waals surface area contributed by atoms with Gasteiger partial charge in [0, 0.05) is 18.8 Å². The van der Waals surface area contributed by atoms with Crippen molar-refractivity contribution in [2.24, 2.45) is 0 Å². The Morgan fingerprint density at radius 1 is 1.14 bits per heavy atom. The molecule has 1 aliphatic carbocycles. The van der Waals surface area contributed by atoms with Crippen LogP contribution in [0.5, 0.6) is 0 Å². The Morgan fingerprint density at radius 2 is 2.00 bits per heavy atom. The number of nitrogen functional groups attached to an aromatic ring is 1. The fourth-order valence-corrected chi connectivity index (χ4v) is 3.63. The highest BCUT2D eigenvalue weighted by Crippen LogP contribution is 2.29. The van der Waals surface area contributed by atoms with E-state index in [1.807, 2.05) is 0 Å². The van der Waals surface area contributed by atoms with Crippen molar-refractivity contribution in [3.63, 3.8) is 0 Å². The summed E-state index contributed by atoms with van der Waals surface area (Å²) in [7, 11) is 0. The molecule has 0 radical (unpaired) electrons. The molecule has 112 valence electrons. The van der Waals surface area contributed by atoms with Crippen LogP contribution in [0.1, 0.15) is 30.5 Å². The Labute approximate surface area is 125 Å². The monoisotopic (exact) mass is 285 g/mol. The number of aryl methyl sites for hydroxylation is 2. The van der Waals surface area contributed by atoms with E-state index in [9.17, 15) is 0 Å². The lowest BCUT2D eigenvalue weighted by Crippen LogP contribution is -2.26. The van der Waals surface area contributed by atoms with E-state index in [2.05, 4.69) is 26.9 Å². The minimum absolute atomic E-state index is 0.783. The molecule has 21 heavy (non-hydrogen) atoms. The first-order valence-corrected chi connectivity index (χ1v) is 8.08. The summed E-state index contributed by atoms with van der Waals surface area (Å²) in [5.74, 6) is 0.842. The predicted molar refractivity (Wildman–Crippen MR) is 85.8 cm³/mol. The maximum absolute atomic E-state index is 6.27. The van der Waals surface area contributed by atoms with Gasteiger partial charge in [-0.1, -0.05) is 6.07 Å². The summed E-state index contributed by atoms with van der Waals surface area (Å²) in [6, 6.07) is 4.32. The molecule has 1 aliphatic heterocycles. The molecular weight excluding hydrogens is 262 g/mol. The highest BCUT2D eigenvalue weighted by molar-refractivity contribution is 5.81. The van der Waals surface area contributed by atoms with Crippen LogP contribution in [0.2, 0.25) is 0 Å². The molecule has 1 saturated heterocycles. The van der Waals surface area contributed by atoms with E-state index >= 15 is 0 Å². The Balaban J connectivity index is 1.53. The Morgan fingerprint density at radius 3 is 2.86 bits per heavy atom. The van der Waals surface area contributed by atoms with Crippen LogP contribution >= 0.6 is 0 Å². The number of anilines is 2. The number of hydrogen-bond acceptors (Lipinski definition) is 4. The summed E-state index contributed by atoms with van der Waals surface area (Å²) >= 11 is 0. The fraction of sp³-hybridized carbons (Fsp3) is 0.562. The number of nitrogens with two attached hydrogens (primary N) is 1. The van der Waals surface area contributed by atoms with E-state index in [0.29, 0.717) is 0 Å². The zero-order chi connectivity index (χ0) is 14.2. The molecule has 5 nitrogen and oxygen atoms in total. The van der Waals surface area contributed by atoms with Crippen molar-refractivity contribution in [2.75, 3.05) is 37.2 Å². The zero-order valence-electron chi connectivity index (χ0n) is 12.4. The summed E-state index contributed by atoms with van der Waals surface area (Å²) < 4.78 is 2.05. The first kappa shape index (κ1) is 13.0. The average molecular weight is 285 g/mol. The van der Waals surface area contributed by atoms with Crippen molar-refractivity contribution in [1.82, 2.24) is 14.5 Å². The minimum Gasteiger partial charge on any atom is -0.394 e. The lowest BCUT2D eigenvalue weighted by Gasteiger charge is -2.14.